The molecule has 1 aromatic carbocycles. The fourth-order valence-electron chi connectivity index (χ4n) is 4.52. The number of hydrogen-bond acceptors (Lipinski definition) is 5. The van der Waals surface area contributed by atoms with Gasteiger partial charge in [0, 0.05) is 32.4 Å². The molecule has 2 saturated heterocycles. The van der Waals surface area contributed by atoms with Crippen LogP contribution < -0.4 is 5.32 Å². The molecule has 0 spiro atoms. The SMILES string of the molecule is O=C(Cn1cnc(S(=O)(=O)N2CCCCC2)c1)NCC1CCN(Cc2cccc(F)c2)CC1. The highest BCUT2D eigenvalue weighted by Crippen LogP contribution is 2.20. The van der Waals surface area contributed by atoms with Crippen LogP contribution in [0.2, 0.25) is 0 Å². The first kappa shape index (κ1) is 23.8. The summed E-state index contributed by atoms with van der Waals surface area (Å²) >= 11 is 0. The van der Waals surface area contributed by atoms with Gasteiger partial charge in [-0.15, -0.1) is 0 Å². The van der Waals surface area contributed by atoms with Gasteiger partial charge in [0.15, 0.2) is 5.03 Å². The van der Waals surface area contributed by atoms with Crippen molar-refractivity contribution >= 4 is 15.9 Å². The topological polar surface area (TPSA) is 87.5 Å². The van der Waals surface area contributed by atoms with E-state index in [1.54, 1.807) is 12.1 Å². The first-order valence-electron chi connectivity index (χ1n) is 11.7. The van der Waals surface area contributed by atoms with Gasteiger partial charge >= 0.3 is 0 Å². The van der Waals surface area contributed by atoms with Gasteiger partial charge in [-0.25, -0.2) is 17.8 Å². The van der Waals surface area contributed by atoms with E-state index in [0.29, 0.717) is 25.6 Å². The third kappa shape index (κ3) is 6.39. The Morgan fingerprint density at radius 3 is 2.61 bits per heavy atom. The van der Waals surface area contributed by atoms with E-state index in [1.165, 1.54) is 27.5 Å². The molecule has 3 heterocycles. The molecule has 0 saturated carbocycles. The molecule has 2 aromatic rings. The lowest BCUT2D eigenvalue weighted by atomic mass is 9.96. The van der Waals surface area contributed by atoms with Gasteiger partial charge < -0.3 is 9.88 Å². The number of nitrogens with zero attached hydrogens (tertiary/aromatic N) is 4. The maximum Gasteiger partial charge on any atom is 0.262 e. The van der Waals surface area contributed by atoms with Crippen LogP contribution in [0.1, 0.15) is 37.7 Å². The summed E-state index contributed by atoms with van der Waals surface area (Å²) in [5.41, 5.74) is 0.976. The zero-order valence-corrected chi connectivity index (χ0v) is 19.6. The molecule has 10 heteroatoms. The summed E-state index contributed by atoms with van der Waals surface area (Å²) in [7, 11) is -3.59. The Morgan fingerprint density at radius 2 is 1.88 bits per heavy atom. The van der Waals surface area contributed by atoms with Crippen LogP contribution in [0.3, 0.4) is 0 Å². The largest absolute Gasteiger partial charge is 0.354 e. The summed E-state index contributed by atoms with van der Waals surface area (Å²) in [4.78, 5) is 18.7. The van der Waals surface area contributed by atoms with Crippen LogP contribution in [-0.4, -0.2) is 65.8 Å². The van der Waals surface area contributed by atoms with Crippen molar-refractivity contribution in [3.05, 3.63) is 48.2 Å². The second-order valence-electron chi connectivity index (χ2n) is 9.00. The van der Waals surface area contributed by atoms with Crippen LogP contribution in [0, 0.1) is 11.7 Å². The van der Waals surface area contributed by atoms with Crippen LogP contribution in [-0.2, 0) is 27.9 Å². The third-order valence-corrected chi connectivity index (χ3v) is 8.23. The van der Waals surface area contributed by atoms with E-state index in [2.05, 4.69) is 15.2 Å². The van der Waals surface area contributed by atoms with E-state index in [0.717, 1.165) is 57.3 Å². The van der Waals surface area contributed by atoms with E-state index >= 15 is 0 Å². The molecule has 4 rings (SSSR count). The standard InChI is InChI=1S/C23H32FN5O3S/c24-21-6-4-5-20(13-21)15-27-11-7-19(8-12-27)14-25-22(30)16-28-17-23(26-18-28)33(31,32)29-9-2-1-3-10-29/h4-6,13,17-19H,1-3,7-12,14-16H2,(H,25,30). The number of imidazole rings is 1. The Labute approximate surface area is 194 Å². The van der Waals surface area contributed by atoms with Crippen molar-refractivity contribution in [2.45, 2.75) is 50.2 Å². The van der Waals surface area contributed by atoms with Crippen molar-refractivity contribution < 1.29 is 17.6 Å². The monoisotopic (exact) mass is 477 g/mol. The summed E-state index contributed by atoms with van der Waals surface area (Å²) in [6.45, 7) is 4.25. The van der Waals surface area contributed by atoms with Gasteiger partial charge in [0.25, 0.3) is 10.0 Å². The molecule has 1 aromatic heterocycles. The van der Waals surface area contributed by atoms with E-state index in [4.69, 9.17) is 0 Å². The van der Waals surface area contributed by atoms with Crippen molar-refractivity contribution in [3.8, 4) is 0 Å². The number of halogens is 1. The number of carbonyl (C=O) groups is 1. The normalized spacial score (nSPS) is 18.9. The summed E-state index contributed by atoms with van der Waals surface area (Å²) in [6, 6.07) is 6.70. The van der Waals surface area contributed by atoms with E-state index in [-0.39, 0.29) is 23.3 Å². The Kier molecular flexibility index (Phi) is 7.77. The Balaban J connectivity index is 1.20. The van der Waals surface area contributed by atoms with Gasteiger partial charge in [0.2, 0.25) is 5.91 Å². The highest BCUT2D eigenvalue weighted by Gasteiger charge is 2.28. The lowest BCUT2D eigenvalue weighted by Crippen LogP contribution is -2.39. The Morgan fingerprint density at radius 1 is 1.12 bits per heavy atom. The molecule has 0 unspecified atom stereocenters. The average Bonchev–Trinajstić information content (AvgIpc) is 3.28. The van der Waals surface area contributed by atoms with Gasteiger partial charge in [-0.2, -0.15) is 4.31 Å². The van der Waals surface area contributed by atoms with E-state index < -0.39 is 10.0 Å². The molecule has 1 N–H and O–H groups in total. The van der Waals surface area contributed by atoms with Crippen molar-refractivity contribution in [1.29, 1.82) is 0 Å². The number of amides is 1. The Hall–Kier alpha value is -2.30. The second kappa shape index (κ2) is 10.8. The number of piperidine rings is 2. The smallest absolute Gasteiger partial charge is 0.262 e. The number of likely N-dealkylation sites (tertiary alicyclic amines) is 1. The van der Waals surface area contributed by atoms with Crippen LogP contribution in [0.5, 0.6) is 0 Å². The van der Waals surface area contributed by atoms with Crippen LogP contribution in [0.25, 0.3) is 0 Å². The molecule has 0 aliphatic carbocycles. The molecule has 0 radical (unpaired) electrons. The Bertz CT molecular complexity index is 1040. The first-order valence-corrected chi connectivity index (χ1v) is 13.1. The van der Waals surface area contributed by atoms with E-state index in [1.807, 2.05) is 6.07 Å². The lowest BCUT2D eigenvalue weighted by Gasteiger charge is -2.32. The lowest BCUT2D eigenvalue weighted by molar-refractivity contribution is -0.121. The van der Waals surface area contributed by atoms with Crippen molar-refractivity contribution in [2.24, 2.45) is 5.92 Å². The minimum Gasteiger partial charge on any atom is -0.354 e. The highest BCUT2D eigenvalue weighted by molar-refractivity contribution is 7.89. The fraction of sp³-hybridized carbons (Fsp3) is 0.565. The maximum atomic E-state index is 13.4. The number of benzene rings is 1. The number of nitrogens with one attached hydrogen (secondary N) is 1. The second-order valence-corrected chi connectivity index (χ2v) is 10.9. The molecule has 2 aliphatic heterocycles. The van der Waals surface area contributed by atoms with Gasteiger partial charge in [-0.05, 0) is 62.4 Å². The van der Waals surface area contributed by atoms with Crippen LogP contribution >= 0.6 is 0 Å². The fourth-order valence-corrected chi connectivity index (χ4v) is 5.97. The first-order chi connectivity index (χ1) is 15.9. The third-order valence-electron chi connectivity index (χ3n) is 6.45. The zero-order valence-electron chi connectivity index (χ0n) is 18.8. The quantitative estimate of drug-likeness (QED) is 0.630. The summed E-state index contributed by atoms with van der Waals surface area (Å²) < 4.78 is 41.8. The molecule has 1 amide bonds. The number of aromatic nitrogens is 2. The summed E-state index contributed by atoms with van der Waals surface area (Å²) in [5.74, 6) is 0.0336. The molecule has 2 fully saturated rings. The highest BCUT2D eigenvalue weighted by atomic mass is 32.2. The minimum atomic E-state index is -3.59. The number of rotatable bonds is 8. The summed E-state index contributed by atoms with van der Waals surface area (Å²) in [5, 5.41) is 2.97. The molecule has 2 aliphatic rings. The van der Waals surface area contributed by atoms with Crippen LogP contribution in [0.4, 0.5) is 4.39 Å². The van der Waals surface area contributed by atoms with Gasteiger partial charge in [0.05, 0.1) is 6.33 Å². The predicted octanol–water partition coefficient (Wildman–Crippen LogP) is 2.23. The molecule has 8 nitrogen and oxygen atoms in total. The molecule has 0 atom stereocenters. The van der Waals surface area contributed by atoms with Crippen molar-refractivity contribution in [2.75, 3.05) is 32.7 Å². The number of hydrogen-bond donors (Lipinski definition) is 1. The minimum absolute atomic E-state index is 0.00266. The molecule has 0 bridgehead atoms. The van der Waals surface area contributed by atoms with Crippen LogP contribution in [0.15, 0.2) is 41.8 Å². The molecular weight excluding hydrogens is 445 g/mol. The number of carbonyl (C=O) groups excluding carboxylic acids is 1. The molecule has 180 valence electrons. The van der Waals surface area contributed by atoms with Gasteiger partial charge in [-0.3, -0.25) is 9.69 Å². The predicted molar refractivity (Wildman–Crippen MR) is 122 cm³/mol. The molecule has 33 heavy (non-hydrogen) atoms. The van der Waals surface area contributed by atoms with Gasteiger partial charge in [-0.1, -0.05) is 18.6 Å². The number of sulfonamides is 1. The zero-order chi connectivity index (χ0) is 23.3. The maximum absolute atomic E-state index is 13.4. The van der Waals surface area contributed by atoms with E-state index in [9.17, 15) is 17.6 Å². The average molecular weight is 478 g/mol. The molecular formula is C23H32FN5O3S. The van der Waals surface area contributed by atoms with Crippen molar-refractivity contribution in [3.63, 3.8) is 0 Å². The van der Waals surface area contributed by atoms with Gasteiger partial charge in [0.1, 0.15) is 12.4 Å². The van der Waals surface area contributed by atoms with Crippen molar-refractivity contribution in [1.82, 2.24) is 24.1 Å². The summed E-state index contributed by atoms with van der Waals surface area (Å²) in [6.07, 6.45) is 7.57.